The van der Waals surface area contributed by atoms with Crippen LogP contribution in [0.5, 0.6) is 0 Å². The smallest absolute Gasteiger partial charge is 0.269 e. The second kappa shape index (κ2) is 7.83. The molecule has 8 nitrogen and oxygen atoms in total. The van der Waals surface area contributed by atoms with Crippen molar-refractivity contribution >= 4 is 11.8 Å². The quantitative estimate of drug-likeness (QED) is 0.748. The number of aromatic nitrogens is 2. The molecule has 4 heterocycles. The normalized spacial score (nSPS) is 30.2. The summed E-state index contributed by atoms with van der Waals surface area (Å²) in [6, 6.07) is 0.285. The van der Waals surface area contributed by atoms with Gasteiger partial charge in [0, 0.05) is 45.7 Å². The van der Waals surface area contributed by atoms with Gasteiger partial charge in [0.2, 0.25) is 5.91 Å². The first kappa shape index (κ1) is 19.4. The molecular formula is C20H31N5O3. The van der Waals surface area contributed by atoms with Crippen LogP contribution in [0.25, 0.3) is 0 Å². The van der Waals surface area contributed by atoms with Gasteiger partial charge in [-0.05, 0) is 38.0 Å². The molecule has 8 heteroatoms. The zero-order valence-corrected chi connectivity index (χ0v) is 16.8. The Kier molecular flexibility index (Phi) is 5.42. The van der Waals surface area contributed by atoms with Gasteiger partial charge in [0.05, 0.1) is 24.7 Å². The fraction of sp³-hybridized carbons (Fsp3) is 0.750. The number of carbonyl (C=O) groups excluding carboxylic acids is 2. The lowest BCUT2D eigenvalue weighted by molar-refractivity contribution is -0.152. The van der Waals surface area contributed by atoms with Crippen LogP contribution in [0.3, 0.4) is 0 Å². The minimum absolute atomic E-state index is 0.0213. The van der Waals surface area contributed by atoms with Gasteiger partial charge in [-0.3, -0.25) is 9.59 Å². The summed E-state index contributed by atoms with van der Waals surface area (Å²) in [6.45, 7) is 4.97. The molecule has 154 valence electrons. The number of likely N-dealkylation sites (tertiary alicyclic amines) is 1. The van der Waals surface area contributed by atoms with Gasteiger partial charge in [0.15, 0.2) is 0 Å². The van der Waals surface area contributed by atoms with E-state index in [9.17, 15) is 14.7 Å². The van der Waals surface area contributed by atoms with Crippen molar-refractivity contribution in [2.24, 2.45) is 18.9 Å². The van der Waals surface area contributed by atoms with E-state index in [4.69, 9.17) is 0 Å². The number of rotatable bonds is 5. The molecule has 3 aliphatic heterocycles. The predicted octanol–water partition coefficient (Wildman–Crippen LogP) is 0.152. The zero-order chi connectivity index (χ0) is 19.8. The number of β-amino-alcohol motifs (C(OH)–C–C–N with tert-alkyl or cyclic N) is 1. The predicted molar refractivity (Wildman–Crippen MR) is 104 cm³/mol. The number of imidazole rings is 1. The van der Waals surface area contributed by atoms with Gasteiger partial charge in [-0.15, -0.1) is 0 Å². The molecule has 4 atom stereocenters. The Labute approximate surface area is 165 Å². The van der Waals surface area contributed by atoms with Crippen molar-refractivity contribution in [1.82, 2.24) is 24.7 Å². The van der Waals surface area contributed by atoms with E-state index in [1.807, 2.05) is 14.0 Å². The Balaban J connectivity index is 1.53. The summed E-state index contributed by atoms with van der Waals surface area (Å²) in [5.74, 6) is 0.901. The molecule has 0 saturated carbocycles. The number of nitrogens with one attached hydrogen (secondary N) is 1. The van der Waals surface area contributed by atoms with Crippen LogP contribution < -0.4 is 5.32 Å². The zero-order valence-electron chi connectivity index (χ0n) is 16.8. The van der Waals surface area contributed by atoms with Crippen LogP contribution in [-0.4, -0.2) is 81.1 Å². The number of amides is 2. The number of hydrogen-bond acceptors (Lipinski definition) is 5. The molecule has 4 rings (SSSR count). The minimum Gasteiger partial charge on any atom is -0.395 e. The number of piperidine rings is 3. The van der Waals surface area contributed by atoms with Crippen molar-refractivity contribution in [2.75, 3.05) is 32.8 Å². The largest absolute Gasteiger partial charge is 0.395 e. The van der Waals surface area contributed by atoms with E-state index in [0.29, 0.717) is 42.7 Å². The van der Waals surface area contributed by atoms with Crippen LogP contribution in [-0.2, 0) is 11.8 Å². The summed E-state index contributed by atoms with van der Waals surface area (Å²) in [6.07, 6.45) is 5.35. The Morgan fingerprint density at radius 2 is 2.14 bits per heavy atom. The second-order valence-corrected chi connectivity index (χ2v) is 8.57. The molecule has 1 aromatic rings. The Bertz CT molecular complexity index is 727. The molecule has 0 unspecified atom stereocenters. The highest BCUT2D eigenvalue weighted by atomic mass is 16.3. The summed E-state index contributed by atoms with van der Waals surface area (Å²) in [5.41, 5.74) is 1.28. The Morgan fingerprint density at radius 3 is 2.86 bits per heavy atom. The van der Waals surface area contributed by atoms with E-state index in [-0.39, 0.29) is 30.5 Å². The second-order valence-electron chi connectivity index (χ2n) is 8.57. The van der Waals surface area contributed by atoms with Gasteiger partial charge in [-0.2, -0.15) is 0 Å². The molecule has 2 bridgehead atoms. The third-order valence-electron chi connectivity index (χ3n) is 6.80. The van der Waals surface area contributed by atoms with E-state index in [0.717, 1.165) is 32.4 Å². The van der Waals surface area contributed by atoms with E-state index in [1.165, 1.54) is 0 Å². The molecule has 3 aliphatic rings. The summed E-state index contributed by atoms with van der Waals surface area (Å²) >= 11 is 0. The van der Waals surface area contributed by atoms with Crippen molar-refractivity contribution in [3.63, 3.8) is 0 Å². The van der Waals surface area contributed by atoms with E-state index in [2.05, 4.69) is 20.1 Å². The van der Waals surface area contributed by atoms with Crippen molar-refractivity contribution < 1.29 is 14.7 Å². The van der Waals surface area contributed by atoms with Crippen molar-refractivity contribution in [2.45, 2.75) is 44.7 Å². The SMILES string of the molecule is Cc1ncn(C)c1C(=O)NC[C@H]1[C@H]2C[C@H](CN(CCO)C2)[C@@H]2CCCC(=O)N21. The number of carbonyl (C=O) groups is 2. The number of aliphatic hydroxyl groups is 1. The Hall–Kier alpha value is -1.93. The third kappa shape index (κ3) is 3.43. The fourth-order valence-corrected chi connectivity index (χ4v) is 5.61. The average Bonchev–Trinajstić information content (AvgIpc) is 3.00. The molecule has 0 spiro atoms. The molecule has 0 aromatic carbocycles. The highest BCUT2D eigenvalue weighted by Gasteiger charge is 2.49. The van der Waals surface area contributed by atoms with E-state index < -0.39 is 0 Å². The summed E-state index contributed by atoms with van der Waals surface area (Å²) in [4.78, 5) is 34.2. The van der Waals surface area contributed by atoms with Gasteiger partial charge in [0.1, 0.15) is 5.69 Å². The number of hydrogen-bond donors (Lipinski definition) is 2. The van der Waals surface area contributed by atoms with Crippen molar-refractivity contribution in [3.05, 3.63) is 17.7 Å². The van der Waals surface area contributed by atoms with Crippen LogP contribution in [0.15, 0.2) is 6.33 Å². The average molecular weight is 390 g/mol. The first-order valence-electron chi connectivity index (χ1n) is 10.4. The standard InChI is InChI=1S/C20H31N5O3/c1-13-19(23(2)12-22-13)20(28)21-9-17-15-8-14(10-24(11-15)6-7-26)16-4-3-5-18(27)25(16)17/h12,14-17,26H,3-11H2,1-2H3,(H,21,28)/t14-,15+,16+,17+/m1/s1. The lowest BCUT2D eigenvalue weighted by Gasteiger charge is -2.56. The molecular weight excluding hydrogens is 358 g/mol. The van der Waals surface area contributed by atoms with E-state index in [1.54, 1.807) is 10.9 Å². The summed E-state index contributed by atoms with van der Waals surface area (Å²) < 4.78 is 1.74. The third-order valence-corrected chi connectivity index (χ3v) is 6.80. The molecule has 28 heavy (non-hydrogen) atoms. The Morgan fingerprint density at radius 1 is 1.36 bits per heavy atom. The molecule has 0 radical (unpaired) electrons. The highest BCUT2D eigenvalue weighted by molar-refractivity contribution is 5.93. The number of nitrogens with zero attached hydrogens (tertiary/aromatic N) is 4. The number of fused-ring (bicyclic) bond motifs is 4. The highest BCUT2D eigenvalue weighted by Crippen LogP contribution is 2.41. The molecule has 1 aromatic heterocycles. The monoisotopic (exact) mass is 389 g/mol. The molecule has 0 aliphatic carbocycles. The number of aryl methyl sites for hydroxylation is 2. The lowest BCUT2D eigenvalue weighted by atomic mass is 9.72. The van der Waals surface area contributed by atoms with Crippen LogP contribution in [0.4, 0.5) is 0 Å². The fourth-order valence-electron chi connectivity index (χ4n) is 5.61. The van der Waals surface area contributed by atoms with Crippen LogP contribution in [0.1, 0.15) is 41.9 Å². The minimum atomic E-state index is -0.136. The summed E-state index contributed by atoms with van der Waals surface area (Å²) in [5, 5.41) is 12.5. The first-order valence-corrected chi connectivity index (χ1v) is 10.4. The summed E-state index contributed by atoms with van der Waals surface area (Å²) in [7, 11) is 1.82. The van der Waals surface area contributed by atoms with Crippen molar-refractivity contribution in [1.29, 1.82) is 0 Å². The maximum absolute atomic E-state index is 12.8. The van der Waals surface area contributed by atoms with Crippen molar-refractivity contribution in [3.8, 4) is 0 Å². The van der Waals surface area contributed by atoms with Gasteiger partial charge in [-0.1, -0.05) is 0 Å². The van der Waals surface area contributed by atoms with Gasteiger partial charge in [0.25, 0.3) is 5.91 Å². The number of aliphatic hydroxyl groups excluding tert-OH is 1. The van der Waals surface area contributed by atoms with Crippen LogP contribution >= 0.6 is 0 Å². The topological polar surface area (TPSA) is 90.7 Å². The molecule has 2 N–H and O–H groups in total. The lowest BCUT2D eigenvalue weighted by Crippen LogP contribution is -2.67. The molecule has 2 amide bonds. The molecule has 3 saturated heterocycles. The maximum Gasteiger partial charge on any atom is 0.269 e. The van der Waals surface area contributed by atoms with Crippen LogP contribution in [0.2, 0.25) is 0 Å². The van der Waals surface area contributed by atoms with Gasteiger partial charge < -0.3 is 24.8 Å². The first-order chi connectivity index (χ1) is 13.5. The van der Waals surface area contributed by atoms with Gasteiger partial charge >= 0.3 is 0 Å². The van der Waals surface area contributed by atoms with E-state index >= 15 is 0 Å². The molecule has 3 fully saturated rings. The van der Waals surface area contributed by atoms with Gasteiger partial charge in [-0.25, -0.2) is 4.98 Å². The maximum atomic E-state index is 12.8. The van der Waals surface area contributed by atoms with Crippen LogP contribution in [0, 0.1) is 18.8 Å².